The van der Waals surface area contributed by atoms with Crippen LogP contribution >= 0.6 is 23.2 Å². The monoisotopic (exact) mass is 468 g/mol. The lowest BCUT2D eigenvalue weighted by Gasteiger charge is -2.43. The number of halogens is 2. The molecule has 2 atom stereocenters. The van der Waals surface area contributed by atoms with Gasteiger partial charge in [0.15, 0.2) is 0 Å². The van der Waals surface area contributed by atoms with Gasteiger partial charge < -0.3 is 15.0 Å². The molecule has 2 aromatic carbocycles. The van der Waals surface area contributed by atoms with Gasteiger partial charge in [0.25, 0.3) is 0 Å². The minimum atomic E-state index is -0.124. The van der Waals surface area contributed by atoms with E-state index in [2.05, 4.69) is 27.3 Å². The first kappa shape index (κ1) is 21.1. The molecule has 1 N–H and O–H groups in total. The van der Waals surface area contributed by atoms with Crippen LogP contribution in [0, 0.1) is 5.92 Å². The molecule has 2 saturated heterocycles. The topological polar surface area (TPSA) is 57.7 Å². The van der Waals surface area contributed by atoms with Crippen molar-refractivity contribution in [2.24, 2.45) is 5.92 Å². The maximum absolute atomic E-state index is 12.7. The Hall–Kier alpha value is -2.80. The zero-order valence-electron chi connectivity index (χ0n) is 17.2. The number of rotatable bonds is 5. The highest BCUT2D eigenvalue weighted by molar-refractivity contribution is 6.33. The number of hydrogen-bond acceptors (Lipinski definition) is 4. The van der Waals surface area contributed by atoms with Crippen molar-refractivity contribution >= 4 is 34.9 Å². The van der Waals surface area contributed by atoms with Gasteiger partial charge in [-0.25, -0.2) is 4.79 Å². The third-order valence-corrected chi connectivity index (χ3v) is 6.52. The average molecular weight is 469 g/mol. The van der Waals surface area contributed by atoms with Crippen molar-refractivity contribution in [2.45, 2.75) is 12.6 Å². The maximum Gasteiger partial charge on any atom is 0.322 e. The molecule has 164 valence electrons. The molecule has 6 nitrogen and oxygen atoms in total. The third kappa shape index (κ3) is 4.53. The SMILES string of the molecule is O=C(Nc1cnccc1Cl)N1C[C@@H]2CN(Cc3cccc(Oc4ccc(Cl)cc4)c3)C[C@@H]21. The molecule has 0 spiro atoms. The number of likely N-dealkylation sites (tertiary alicyclic amines) is 2. The summed E-state index contributed by atoms with van der Waals surface area (Å²) in [5, 5.41) is 4.04. The fourth-order valence-corrected chi connectivity index (χ4v) is 4.63. The Morgan fingerprint density at radius 3 is 2.72 bits per heavy atom. The number of ether oxygens (including phenoxy) is 1. The number of pyridine rings is 1. The van der Waals surface area contributed by atoms with Crippen LogP contribution in [0.5, 0.6) is 11.5 Å². The van der Waals surface area contributed by atoms with Gasteiger partial charge in [0.2, 0.25) is 0 Å². The second kappa shape index (κ2) is 8.98. The molecule has 0 radical (unpaired) electrons. The molecular formula is C24H22Cl2N4O2. The first-order valence-corrected chi connectivity index (χ1v) is 11.2. The van der Waals surface area contributed by atoms with E-state index < -0.39 is 0 Å². The van der Waals surface area contributed by atoms with Crippen molar-refractivity contribution in [2.75, 3.05) is 25.0 Å². The minimum Gasteiger partial charge on any atom is -0.457 e. The zero-order valence-corrected chi connectivity index (χ0v) is 18.8. The number of hydrogen-bond donors (Lipinski definition) is 1. The largest absolute Gasteiger partial charge is 0.457 e. The summed E-state index contributed by atoms with van der Waals surface area (Å²) >= 11 is 12.1. The van der Waals surface area contributed by atoms with Crippen LogP contribution in [0.15, 0.2) is 67.0 Å². The average Bonchev–Trinajstić information content (AvgIpc) is 3.07. The predicted molar refractivity (Wildman–Crippen MR) is 125 cm³/mol. The minimum absolute atomic E-state index is 0.124. The molecule has 0 aliphatic carbocycles. The van der Waals surface area contributed by atoms with Crippen LogP contribution in [-0.2, 0) is 6.54 Å². The van der Waals surface area contributed by atoms with Crippen LogP contribution in [0.1, 0.15) is 5.56 Å². The molecular weight excluding hydrogens is 447 g/mol. The molecule has 8 heteroatoms. The van der Waals surface area contributed by atoms with E-state index in [0.717, 1.165) is 37.7 Å². The van der Waals surface area contributed by atoms with E-state index in [9.17, 15) is 4.79 Å². The number of aromatic nitrogens is 1. The van der Waals surface area contributed by atoms with Crippen molar-refractivity contribution in [3.05, 3.63) is 82.6 Å². The van der Waals surface area contributed by atoms with Crippen molar-refractivity contribution < 1.29 is 9.53 Å². The van der Waals surface area contributed by atoms with E-state index in [1.54, 1.807) is 18.5 Å². The Kier molecular flexibility index (Phi) is 5.91. The number of fused-ring (bicyclic) bond motifs is 1. The molecule has 0 bridgehead atoms. The highest BCUT2D eigenvalue weighted by Gasteiger charge is 2.47. The smallest absolute Gasteiger partial charge is 0.322 e. The molecule has 3 heterocycles. The molecule has 2 fully saturated rings. The van der Waals surface area contributed by atoms with E-state index in [1.807, 2.05) is 41.3 Å². The first-order chi connectivity index (χ1) is 15.5. The van der Waals surface area contributed by atoms with Crippen molar-refractivity contribution in [1.29, 1.82) is 0 Å². The summed E-state index contributed by atoms with van der Waals surface area (Å²) < 4.78 is 5.95. The van der Waals surface area contributed by atoms with Crippen LogP contribution < -0.4 is 10.1 Å². The number of carbonyl (C=O) groups is 1. The van der Waals surface area contributed by atoms with E-state index in [0.29, 0.717) is 21.7 Å². The lowest BCUT2D eigenvalue weighted by Crippen LogP contribution is -2.59. The Morgan fingerprint density at radius 2 is 1.91 bits per heavy atom. The van der Waals surface area contributed by atoms with E-state index in [4.69, 9.17) is 27.9 Å². The van der Waals surface area contributed by atoms with Crippen LogP contribution in [0.2, 0.25) is 10.0 Å². The fraction of sp³-hybridized carbons (Fsp3) is 0.250. The van der Waals surface area contributed by atoms with Crippen molar-refractivity contribution in [1.82, 2.24) is 14.8 Å². The molecule has 2 aliphatic rings. The van der Waals surface area contributed by atoms with Gasteiger partial charge in [0.1, 0.15) is 11.5 Å². The van der Waals surface area contributed by atoms with Crippen molar-refractivity contribution in [3.8, 4) is 11.5 Å². The Morgan fingerprint density at radius 1 is 1.06 bits per heavy atom. The fourth-order valence-electron chi connectivity index (χ4n) is 4.35. The Labute approximate surface area is 196 Å². The molecule has 5 rings (SSSR count). The molecule has 0 unspecified atom stereocenters. The summed E-state index contributed by atoms with van der Waals surface area (Å²) in [5.74, 6) is 2.04. The highest BCUT2D eigenvalue weighted by atomic mass is 35.5. The van der Waals surface area contributed by atoms with Gasteiger partial charge in [-0.05, 0) is 48.0 Å². The van der Waals surface area contributed by atoms with Crippen LogP contribution in [0.25, 0.3) is 0 Å². The number of amides is 2. The molecule has 3 aromatic rings. The van der Waals surface area contributed by atoms with Crippen LogP contribution in [0.4, 0.5) is 10.5 Å². The molecule has 32 heavy (non-hydrogen) atoms. The number of carbonyl (C=O) groups excluding carboxylic acids is 1. The van der Waals surface area contributed by atoms with Gasteiger partial charge >= 0.3 is 6.03 Å². The molecule has 1 aromatic heterocycles. The lowest BCUT2D eigenvalue weighted by atomic mass is 9.93. The summed E-state index contributed by atoms with van der Waals surface area (Å²) in [6, 6.07) is 17.2. The normalized spacial score (nSPS) is 19.9. The second-order valence-corrected chi connectivity index (χ2v) is 9.01. The third-order valence-electron chi connectivity index (χ3n) is 5.94. The Balaban J connectivity index is 1.17. The van der Waals surface area contributed by atoms with Gasteiger partial charge in [-0.3, -0.25) is 9.88 Å². The Bertz CT molecular complexity index is 1120. The summed E-state index contributed by atoms with van der Waals surface area (Å²) in [6.07, 6.45) is 3.17. The van der Waals surface area contributed by atoms with Crippen LogP contribution in [-0.4, -0.2) is 46.5 Å². The van der Waals surface area contributed by atoms with E-state index >= 15 is 0 Å². The van der Waals surface area contributed by atoms with Gasteiger partial charge in [-0.1, -0.05) is 35.3 Å². The van der Waals surface area contributed by atoms with E-state index in [-0.39, 0.29) is 12.1 Å². The summed E-state index contributed by atoms with van der Waals surface area (Å²) in [6.45, 7) is 3.39. The van der Waals surface area contributed by atoms with Gasteiger partial charge in [-0.15, -0.1) is 0 Å². The van der Waals surface area contributed by atoms with Crippen molar-refractivity contribution in [3.63, 3.8) is 0 Å². The zero-order chi connectivity index (χ0) is 22.1. The molecule has 2 aliphatic heterocycles. The number of urea groups is 1. The van der Waals surface area contributed by atoms with Gasteiger partial charge in [0, 0.05) is 43.3 Å². The standard InChI is InChI=1S/C24H22Cl2N4O2/c25-18-4-6-19(7-5-18)32-20-3-1-2-16(10-20)12-29-13-17-14-30(23(17)15-29)24(31)28-22-11-27-9-8-21(22)26/h1-11,17,23H,12-15H2,(H,28,31)/t17-,23-/m0/s1. The predicted octanol–water partition coefficient (Wildman–Crippen LogP) is 5.53. The second-order valence-electron chi connectivity index (χ2n) is 8.16. The number of anilines is 1. The number of benzene rings is 2. The van der Waals surface area contributed by atoms with Gasteiger partial charge in [0.05, 0.1) is 22.9 Å². The first-order valence-electron chi connectivity index (χ1n) is 10.5. The number of nitrogens with one attached hydrogen (secondary N) is 1. The quantitative estimate of drug-likeness (QED) is 0.534. The molecule has 0 saturated carbocycles. The number of nitrogens with zero attached hydrogens (tertiary/aromatic N) is 3. The van der Waals surface area contributed by atoms with E-state index in [1.165, 1.54) is 5.56 Å². The molecule has 2 amide bonds. The maximum atomic E-state index is 12.7. The summed E-state index contributed by atoms with van der Waals surface area (Å²) in [7, 11) is 0. The summed E-state index contributed by atoms with van der Waals surface area (Å²) in [4.78, 5) is 21.0. The summed E-state index contributed by atoms with van der Waals surface area (Å²) in [5.41, 5.74) is 1.71. The lowest BCUT2D eigenvalue weighted by molar-refractivity contribution is 0.0919. The van der Waals surface area contributed by atoms with Gasteiger partial charge in [-0.2, -0.15) is 0 Å². The highest BCUT2D eigenvalue weighted by Crippen LogP contribution is 2.34. The van der Waals surface area contributed by atoms with Crippen LogP contribution in [0.3, 0.4) is 0 Å².